The van der Waals surface area contributed by atoms with Crippen LogP contribution in [0.2, 0.25) is 0 Å². The van der Waals surface area contributed by atoms with Gasteiger partial charge in [-0.2, -0.15) is 0 Å². The Morgan fingerprint density at radius 1 is 1.44 bits per heavy atom. The van der Waals surface area contributed by atoms with Crippen LogP contribution in [0.5, 0.6) is 0 Å². The molecule has 0 aromatic heterocycles. The van der Waals surface area contributed by atoms with E-state index in [4.69, 9.17) is 11.1 Å². The number of nitrogens with two attached hydrogens (primary N) is 1. The van der Waals surface area contributed by atoms with Crippen molar-refractivity contribution in [2.45, 2.75) is 26.3 Å². The third kappa shape index (κ3) is 7.56. The molecule has 0 radical (unpaired) electrons. The van der Waals surface area contributed by atoms with Gasteiger partial charge in [0.1, 0.15) is 5.71 Å². The molecule has 0 saturated heterocycles. The summed E-state index contributed by atoms with van der Waals surface area (Å²) < 4.78 is 12.1. The van der Waals surface area contributed by atoms with Gasteiger partial charge in [0, 0.05) is 18.6 Å². The fraction of sp³-hybridized carbons (Fsp3) is 0.500. The Bertz CT molecular complexity index is 356. The van der Waals surface area contributed by atoms with Crippen LogP contribution in [0.4, 0.5) is 4.39 Å². The Hall–Kier alpha value is -1.69. The zero-order valence-corrected chi connectivity index (χ0v) is 11.0. The van der Waals surface area contributed by atoms with E-state index in [1.165, 1.54) is 12.3 Å². The van der Waals surface area contributed by atoms with Crippen molar-refractivity contribution in [3.8, 4) is 0 Å². The molecule has 0 aliphatic carbocycles. The summed E-state index contributed by atoms with van der Waals surface area (Å²) >= 11 is 0. The van der Waals surface area contributed by atoms with E-state index in [9.17, 15) is 9.18 Å². The molecule has 0 aliphatic heterocycles. The zero-order chi connectivity index (χ0) is 14.2. The van der Waals surface area contributed by atoms with Crippen LogP contribution in [0.1, 0.15) is 20.8 Å². The normalized spacial score (nSPS) is 12.6. The Balaban J connectivity index is 4.13. The molecule has 0 bridgehead atoms. The molecule has 0 fully saturated rings. The van der Waals surface area contributed by atoms with Gasteiger partial charge in [0.25, 0.3) is 5.91 Å². The fourth-order valence-corrected chi connectivity index (χ4v) is 0.971. The molecule has 0 unspecified atom stereocenters. The number of halogens is 1. The highest BCUT2D eigenvalue weighted by Gasteiger charge is 2.15. The number of hydrogen-bond acceptors (Lipinski definition) is 4. The van der Waals surface area contributed by atoms with Crippen LogP contribution in [0.3, 0.4) is 0 Å². The first-order chi connectivity index (χ1) is 8.30. The summed E-state index contributed by atoms with van der Waals surface area (Å²) in [6, 6.07) is 0. The van der Waals surface area contributed by atoms with Crippen molar-refractivity contribution >= 4 is 11.6 Å². The van der Waals surface area contributed by atoms with Crippen LogP contribution >= 0.6 is 0 Å². The van der Waals surface area contributed by atoms with Gasteiger partial charge < -0.3 is 16.4 Å². The first kappa shape index (κ1) is 16.3. The molecule has 0 aliphatic rings. The van der Waals surface area contributed by atoms with E-state index in [2.05, 4.69) is 10.6 Å². The van der Waals surface area contributed by atoms with Crippen molar-refractivity contribution in [2.75, 3.05) is 13.1 Å². The second kappa shape index (κ2) is 7.60. The van der Waals surface area contributed by atoms with Crippen molar-refractivity contribution < 1.29 is 9.18 Å². The fourth-order valence-electron chi connectivity index (χ4n) is 0.971. The second-order valence-electron chi connectivity index (χ2n) is 4.80. The number of amides is 1. The van der Waals surface area contributed by atoms with Crippen LogP contribution in [-0.2, 0) is 4.79 Å². The Morgan fingerprint density at radius 3 is 2.50 bits per heavy atom. The standard InChI is InChI=1S/C12H21FN4O/c1-12(2,3)17-11(18)10(15)4-5-16-8-9(6-13)7-14/h4-6,15-16H,7-8,14H2,1-3H3,(H,17,18)/b5-4-,9-6+,15-10?. The molecule has 0 saturated carbocycles. The molecule has 0 aromatic rings. The second-order valence-corrected chi connectivity index (χ2v) is 4.80. The lowest BCUT2D eigenvalue weighted by Gasteiger charge is -2.19. The van der Waals surface area contributed by atoms with Crippen LogP contribution in [0.15, 0.2) is 24.2 Å². The SMILES string of the molecule is CC(C)(C)NC(=O)C(=N)/C=C\NC/C(=C/F)CN. The maximum Gasteiger partial charge on any atom is 0.269 e. The molecule has 5 N–H and O–H groups in total. The van der Waals surface area contributed by atoms with E-state index in [-0.39, 0.29) is 24.3 Å². The highest BCUT2D eigenvalue weighted by atomic mass is 19.1. The van der Waals surface area contributed by atoms with E-state index in [0.717, 1.165) is 0 Å². The molecule has 0 heterocycles. The van der Waals surface area contributed by atoms with Crippen molar-refractivity contribution in [3.05, 3.63) is 24.2 Å². The number of hydrogen-bond donors (Lipinski definition) is 4. The predicted molar refractivity (Wildman–Crippen MR) is 71.0 cm³/mol. The summed E-state index contributed by atoms with van der Waals surface area (Å²) in [5, 5.41) is 12.9. The molecule has 6 heteroatoms. The minimum absolute atomic E-state index is 0.124. The average molecular weight is 256 g/mol. The van der Waals surface area contributed by atoms with Crippen LogP contribution < -0.4 is 16.4 Å². The molecular weight excluding hydrogens is 235 g/mol. The van der Waals surface area contributed by atoms with Gasteiger partial charge in [-0.3, -0.25) is 10.2 Å². The third-order valence-electron chi connectivity index (χ3n) is 1.85. The van der Waals surface area contributed by atoms with Crippen LogP contribution in [0, 0.1) is 5.41 Å². The lowest BCUT2D eigenvalue weighted by atomic mass is 10.1. The van der Waals surface area contributed by atoms with Gasteiger partial charge in [0.2, 0.25) is 0 Å². The molecule has 0 atom stereocenters. The Morgan fingerprint density at radius 2 is 2.06 bits per heavy atom. The minimum Gasteiger partial charge on any atom is -0.387 e. The van der Waals surface area contributed by atoms with Crippen molar-refractivity contribution in [1.29, 1.82) is 5.41 Å². The van der Waals surface area contributed by atoms with Gasteiger partial charge in [-0.15, -0.1) is 0 Å². The molecule has 0 aromatic carbocycles. The van der Waals surface area contributed by atoms with Gasteiger partial charge in [-0.05, 0) is 38.6 Å². The lowest BCUT2D eigenvalue weighted by molar-refractivity contribution is -0.116. The Labute approximate surface area is 107 Å². The topological polar surface area (TPSA) is 91.0 Å². The maximum absolute atomic E-state index is 12.1. The van der Waals surface area contributed by atoms with E-state index in [1.807, 2.05) is 20.8 Å². The van der Waals surface area contributed by atoms with E-state index < -0.39 is 5.91 Å². The van der Waals surface area contributed by atoms with E-state index in [1.54, 1.807) is 0 Å². The smallest absolute Gasteiger partial charge is 0.269 e. The molecule has 0 spiro atoms. The van der Waals surface area contributed by atoms with Gasteiger partial charge in [0.15, 0.2) is 0 Å². The van der Waals surface area contributed by atoms with Crippen molar-refractivity contribution in [1.82, 2.24) is 10.6 Å². The summed E-state index contributed by atoms with van der Waals surface area (Å²) in [6.07, 6.45) is 3.18. The van der Waals surface area contributed by atoms with Gasteiger partial charge in [0.05, 0.1) is 6.33 Å². The van der Waals surface area contributed by atoms with Gasteiger partial charge in [-0.1, -0.05) is 0 Å². The predicted octanol–water partition coefficient (Wildman–Crippen LogP) is 0.836. The highest BCUT2D eigenvalue weighted by Crippen LogP contribution is 1.98. The number of carbonyl (C=O) groups excluding carboxylic acids is 1. The van der Waals surface area contributed by atoms with E-state index >= 15 is 0 Å². The maximum atomic E-state index is 12.1. The zero-order valence-electron chi connectivity index (χ0n) is 11.0. The number of nitrogens with one attached hydrogen (secondary N) is 3. The highest BCUT2D eigenvalue weighted by molar-refractivity contribution is 6.42. The molecule has 0 rings (SSSR count). The first-order valence-electron chi connectivity index (χ1n) is 5.59. The number of rotatable bonds is 6. The van der Waals surface area contributed by atoms with Crippen LogP contribution in [-0.4, -0.2) is 30.2 Å². The van der Waals surface area contributed by atoms with Crippen molar-refractivity contribution in [2.24, 2.45) is 5.73 Å². The molecule has 1 amide bonds. The molecule has 5 nitrogen and oxygen atoms in total. The summed E-state index contributed by atoms with van der Waals surface area (Å²) in [6.45, 7) is 5.87. The minimum atomic E-state index is -0.458. The van der Waals surface area contributed by atoms with Gasteiger partial charge in [-0.25, -0.2) is 4.39 Å². The number of carbonyl (C=O) groups is 1. The summed E-state index contributed by atoms with van der Waals surface area (Å²) in [7, 11) is 0. The quantitative estimate of drug-likeness (QED) is 0.531. The van der Waals surface area contributed by atoms with Gasteiger partial charge >= 0.3 is 0 Å². The Kier molecular flexibility index (Phi) is 6.89. The molecule has 18 heavy (non-hydrogen) atoms. The van der Waals surface area contributed by atoms with Crippen molar-refractivity contribution in [3.63, 3.8) is 0 Å². The average Bonchev–Trinajstić information content (AvgIpc) is 2.26. The summed E-state index contributed by atoms with van der Waals surface area (Å²) in [4.78, 5) is 11.5. The van der Waals surface area contributed by atoms with E-state index in [0.29, 0.717) is 11.9 Å². The summed E-state index contributed by atoms with van der Waals surface area (Å²) in [5.41, 5.74) is 5.12. The molecule has 102 valence electrons. The van der Waals surface area contributed by atoms with Crippen LogP contribution in [0.25, 0.3) is 0 Å². The third-order valence-corrected chi connectivity index (χ3v) is 1.85. The summed E-state index contributed by atoms with van der Waals surface area (Å²) in [5.74, 6) is -0.458. The first-order valence-corrected chi connectivity index (χ1v) is 5.59. The molecular formula is C12H21FN4O. The largest absolute Gasteiger partial charge is 0.387 e. The lowest BCUT2D eigenvalue weighted by Crippen LogP contribution is -2.43. The monoisotopic (exact) mass is 256 g/mol.